The van der Waals surface area contributed by atoms with Crippen LogP contribution in [0.2, 0.25) is 0 Å². The maximum Gasteiger partial charge on any atom is 0.416 e. The molecule has 132 valence electrons. The summed E-state index contributed by atoms with van der Waals surface area (Å²) < 4.78 is 42.4. The first-order valence-electron chi connectivity index (χ1n) is 7.85. The Bertz CT molecular complexity index is 879. The fourth-order valence-corrected chi connectivity index (χ4v) is 2.83. The fourth-order valence-electron chi connectivity index (χ4n) is 2.83. The smallest absolute Gasteiger partial charge is 0.332 e. The summed E-state index contributed by atoms with van der Waals surface area (Å²) in [6.07, 6.45) is -0.284. The molecule has 3 rings (SSSR count). The number of alkyl halides is 3. The Labute approximate surface area is 143 Å². The van der Waals surface area contributed by atoms with Crippen LogP contribution in [0.5, 0.6) is 0 Å². The SMILES string of the molecule is Cc1nc(C[C@H](C)n2ccnc2C)n(-c2cccc(C(F)(F)F)c2)n1. The zero-order valence-corrected chi connectivity index (χ0v) is 14.1. The number of benzene rings is 1. The Hall–Kier alpha value is -2.64. The summed E-state index contributed by atoms with van der Waals surface area (Å²) >= 11 is 0. The predicted molar refractivity (Wildman–Crippen MR) is 86.5 cm³/mol. The van der Waals surface area contributed by atoms with E-state index in [2.05, 4.69) is 15.1 Å². The Kier molecular flexibility index (Phi) is 4.36. The summed E-state index contributed by atoms with van der Waals surface area (Å²) in [5.74, 6) is 1.99. The number of aromatic nitrogens is 5. The van der Waals surface area contributed by atoms with E-state index in [-0.39, 0.29) is 6.04 Å². The Morgan fingerprint density at radius 2 is 1.96 bits per heavy atom. The van der Waals surface area contributed by atoms with Gasteiger partial charge in [0.25, 0.3) is 0 Å². The van der Waals surface area contributed by atoms with Crippen molar-refractivity contribution in [2.24, 2.45) is 0 Å². The van der Waals surface area contributed by atoms with E-state index in [1.165, 1.54) is 10.7 Å². The molecule has 0 N–H and O–H groups in total. The largest absolute Gasteiger partial charge is 0.416 e. The molecule has 5 nitrogen and oxygen atoms in total. The summed E-state index contributed by atoms with van der Waals surface area (Å²) in [5.41, 5.74) is -0.359. The molecule has 0 spiro atoms. The van der Waals surface area contributed by atoms with E-state index in [9.17, 15) is 13.2 Å². The van der Waals surface area contributed by atoms with Crippen LogP contribution in [0.4, 0.5) is 13.2 Å². The van der Waals surface area contributed by atoms with Crippen molar-refractivity contribution in [1.29, 1.82) is 0 Å². The molecule has 0 amide bonds. The molecule has 0 fully saturated rings. The van der Waals surface area contributed by atoms with Crippen LogP contribution in [0.1, 0.15) is 36.0 Å². The molecular formula is C17H18F3N5. The maximum absolute atomic E-state index is 13.0. The van der Waals surface area contributed by atoms with Gasteiger partial charge in [-0.3, -0.25) is 0 Å². The van der Waals surface area contributed by atoms with Crippen LogP contribution in [-0.4, -0.2) is 24.3 Å². The van der Waals surface area contributed by atoms with Gasteiger partial charge in [-0.05, 0) is 39.0 Å². The number of aryl methyl sites for hydroxylation is 2. The molecule has 0 aliphatic heterocycles. The van der Waals surface area contributed by atoms with Gasteiger partial charge in [0.1, 0.15) is 17.5 Å². The van der Waals surface area contributed by atoms with Crippen molar-refractivity contribution in [3.63, 3.8) is 0 Å². The first kappa shape index (κ1) is 17.2. The molecule has 0 aliphatic carbocycles. The summed E-state index contributed by atoms with van der Waals surface area (Å²) in [6, 6.07) is 5.16. The van der Waals surface area contributed by atoms with E-state index in [1.54, 1.807) is 19.2 Å². The van der Waals surface area contributed by atoms with Crippen LogP contribution in [0.25, 0.3) is 5.69 Å². The number of nitrogens with zero attached hydrogens (tertiary/aromatic N) is 5. The Morgan fingerprint density at radius 1 is 1.20 bits per heavy atom. The van der Waals surface area contributed by atoms with E-state index < -0.39 is 11.7 Å². The van der Waals surface area contributed by atoms with Crippen molar-refractivity contribution >= 4 is 0 Å². The number of rotatable bonds is 4. The van der Waals surface area contributed by atoms with Gasteiger partial charge in [-0.1, -0.05) is 6.07 Å². The molecule has 2 heterocycles. The molecule has 3 aromatic rings. The van der Waals surface area contributed by atoms with E-state index in [1.807, 2.05) is 24.6 Å². The van der Waals surface area contributed by atoms with Gasteiger partial charge in [0.2, 0.25) is 0 Å². The minimum atomic E-state index is -4.40. The maximum atomic E-state index is 13.0. The number of hydrogen-bond acceptors (Lipinski definition) is 3. The van der Waals surface area contributed by atoms with Gasteiger partial charge >= 0.3 is 6.18 Å². The summed E-state index contributed by atoms with van der Waals surface area (Å²) in [6.45, 7) is 5.63. The number of halogens is 3. The highest BCUT2D eigenvalue weighted by molar-refractivity contribution is 5.37. The minimum absolute atomic E-state index is 0.0515. The zero-order valence-electron chi connectivity index (χ0n) is 14.1. The van der Waals surface area contributed by atoms with Crippen LogP contribution in [0.3, 0.4) is 0 Å². The van der Waals surface area contributed by atoms with Crippen molar-refractivity contribution in [3.8, 4) is 5.69 Å². The molecule has 0 aliphatic rings. The van der Waals surface area contributed by atoms with Crippen LogP contribution >= 0.6 is 0 Å². The lowest BCUT2D eigenvalue weighted by molar-refractivity contribution is -0.137. The third-order valence-electron chi connectivity index (χ3n) is 4.01. The van der Waals surface area contributed by atoms with Gasteiger partial charge in [-0.2, -0.15) is 18.3 Å². The summed E-state index contributed by atoms with van der Waals surface area (Å²) in [7, 11) is 0. The van der Waals surface area contributed by atoms with E-state index in [4.69, 9.17) is 0 Å². The quantitative estimate of drug-likeness (QED) is 0.718. The van der Waals surface area contributed by atoms with Crippen molar-refractivity contribution in [2.45, 2.75) is 39.4 Å². The molecule has 2 aromatic heterocycles. The Balaban J connectivity index is 1.95. The standard InChI is InChI=1S/C17H18F3N5/c1-11(24-8-7-21-13(24)3)9-16-22-12(2)23-25(16)15-6-4-5-14(10-15)17(18,19)20/h4-8,10-11H,9H2,1-3H3/t11-/m0/s1. The van der Waals surface area contributed by atoms with Gasteiger partial charge < -0.3 is 4.57 Å². The van der Waals surface area contributed by atoms with Crippen LogP contribution < -0.4 is 0 Å². The van der Waals surface area contributed by atoms with Gasteiger partial charge in [0, 0.05) is 24.9 Å². The van der Waals surface area contributed by atoms with Crippen molar-refractivity contribution in [1.82, 2.24) is 24.3 Å². The number of imidazole rings is 1. The molecular weight excluding hydrogens is 331 g/mol. The Morgan fingerprint density at radius 3 is 2.60 bits per heavy atom. The molecule has 0 saturated heterocycles. The van der Waals surface area contributed by atoms with Crippen LogP contribution in [0.15, 0.2) is 36.7 Å². The highest BCUT2D eigenvalue weighted by atomic mass is 19.4. The van der Waals surface area contributed by atoms with Crippen LogP contribution in [-0.2, 0) is 12.6 Å². The van der Waals surface area contributed by atoms with Gasteiger partial charge in [0.15, 0.2) is 0 Å². The normalized spacial score (nSPS) is 13.2. The lowest BCUT2D eigenvalue weighted by Crippen LogP contribution is -2.13. The second-order valence-corrected chi connectivity index (χ2v) is 5.97. The first-order valence-corrected chi connectivity index (χ1v) is 7.85. The van der Waals surface area contributed by atoms with E-state index in [0.29, 0.717) is 23.8 Å². The fraction of sp³-hybridized carbons (Fsp3) is 0.353. The monoisotopic (exact) mass is 349 g/mol. The average molecular weight is 349 g/mol. The molecule has 0 saturated carbocycles. The molecule has 0 radical (unpaired) electrons. The zero-order chi connectivity index (χ0) is 18.2. The molecule has 25 heavy (non-hydrogen) atoms. The average Bonchev–Trinajstić information content (AvgIpc) is 3.12. The van der Waals surface area contributed by atoms with Crippen molar-refractivity contribution < 1.29 is 13.2 Å². The molecule has 0 bridgehead atoms. The van der Waals surface area contributed by atoms with Crippen molar-refractivity contribution in [2.75, 3.05) is 0 Å². The van der Waals surface area contributed by atoms with Crippen LogP contribution in [0, 0.1) is 13.8 Å². The summed E-state index contributed by atoms with van der Waals surface area (Å²) in [5, 5.41) is 4.27. The minimum Gasteiger partial charge on any atom is -0.332 e. The molecule has 8 heteroatoms. The second kappa shape index (κ2) is 6.34. The highest BCUT2D eigenvalue weighted by Crippen LogP contribution is 2.30. The predicted octanol–water partition coefficient (Wildman–Crippen LogP) is 3.90. The molecule has 1 aromatic carbocycles. The van der Waals surface area contributed by atoms with Gasteiger partial charge in [-0.15, -0.1) is 0 Å². The lowest BCUT2D eigenvalue weighted by Gasteiger charge is -2.15. The van der Waals surface area contributed by atoms with Gasteiger partial charge in [-0.25, -0.2) is 14.6 Å². The molecule has 1 atom stereocenters. The van der Waals surface area contributed by atoms with Gasteiger partial charge in [0.05, 0.1) is 11.3 Å². The topological polar surface area (TPSA) is 48.5 Å². The lowest BCUT2D eigenvalue weighted by atomic mass is 10.2. The first-order chi connectivity index (χ1) is 11.8. The van der Waals surface area contributed by atoms with E-state index >= 15 is 0 Å². The number of hydrogen-bond donors (Lipinski definition) is 0. The molecule has 0 unspecified atom stereocenters. The van der Waals surface area contributed by atoms with Crippen molar-refractivity contribution in [3.05, 3.63) is 59.7 Å². The second-order valence-electron chi connectivity index (χ2n) is 5.97. The third kappa shape index (κ3) is 3.57. The third-order valence-corrected chi connectivity index (χ3v) is 4.01. The van der Waals surface area contributed by atoms with E-state index in [0.717, 1.165) is 18.0 Å². The highest BCUT2D eigenvalue weighted by Gasteiger charge is 2.30. The summed E-state index contributed by atoms with van der Waals surface area (Å²) in [4.78, 5) is 8.59.